The summed E-state index contributed by atoms with van der Waals surface area (Å²) in [6.07, 6.45) is 0.455. The number of benzene rings is 2. The van der Waals surface area contributed by atoms with Crippen molar-refractivity contribution in [1.29, 1.82) is 0 Å². The summed E-state index contributed by atoms with van der Waals surface area (Å²) < 4.78 is 5.74. The van der Waals surface area contributed by atoms with Crippen molar-refractivity contribution in [2.75, 3.05) is 23.0 Å². The van der Waals surface area contributed by atoms with E-state index in [9.17, 15) is 24.3 Å². The number of amides is 4. The molecule has 2 aromatic rings. The number of carboxylic acids is 1. The fraction of sp³-hybridized carbons (Fsp3) is 0.273. The third-order valence-electron chi connectivity index (χ3n) is 5.22. The smallest absolute Gasteiger partial charge is 0.329 e. The van der Waals surface area contributed by atoms with Crippen LogP contribution in [0.4, 0.5) is 10.5 Å². The summed E-state index contributed by atoms with van der Waals surface area (Å²) in [5.41, 5.74) is 0.358. The van der Waals surface area contributed by atoms with Crippen LogP contribution in [0.2, 0.25) is 0 Å². The zero-order chi connectivity index (χ0) is 22.7. The summed E-state index contributed by atoms with van der Waals surface area (Å²) >= 11 is 0.917. The minimum Gasteiger partial charge on any atom is -0.549 e. The molecule has 4 rings (SSSR count). The predicted octanol–water partition coefficient (Wildman–Crippen LogP) is 0.988. The summed E-state index contributed by atoms with van der Waals surface area (Å²) in [7, 11) is 0. The van der Waals surface area contributed by atoms with Crippen LogP contribution in [0.3, 0.4) is 0 Å². The Labute approximate surface area is 188 Å². The number of urea groups is 1. The Morgan fingerprint density at radius 2 is 1.72 bits per heavy atom. The summed E-state index contributed by atoms with van der Waals surface area (Å²) in [6, 6.07) is 13.9. The average molecular weight is 454 g/mol. The highest BCUT2D eigenvalue weighted by Gasteiger charge is 2.49. The Balaban J connectivity index is 1.47. The summed E-state index contributed by atoms with van der Waals surface area (Å²) in [6.45, 7) is 0.309. The van der Waals surface area contributed by atoms with Crippen molar-refractivity contribution in [3.05, 3.63) is 54.6 Å². The maximum Gasteiger partial charge on any atom is 0.329 e. The first-order valence-corrected chi connectivity index (χ1v) is 11.1. The molecule has 2 saturated heterocycles. The number of rotatable bonds is 7. The number of para-hydroxylation sites is 1. The molecule has 32 heavy (non-hydrogen) atoms. The molecule has 9 nitrogen and oxygen atoms in total. The van der Waals surface area contributed by atoms with Gasteiger partial charge in [-0.05, 0) is 42.8 Å². The number of carbonyl (C=O) groups is 4. The van der Waals surface area contributed by atoms with Gasteiger partial charge in [-0.15, -0.1) is 11.8 Å². The minimum absolute atomic E-state index is 0.0794. The second kappa shape index (κ2) is 9.31. The molecule has 2 heterocycles. The number of fused-ring (bicyclic) bond motifs is 1. The quantitative estimate of drug-likeness (QED) is 0.663. The van der Waals surface area contributed by atoms with Crippen LogP contribution in [0.15, 0.2) is 54.6 Å². The molecule has 0 spiro atoms. The summed E-state index contributed by atoms with van der Waals surface area (Å²) in [5, 5.41) is 13.4. The van der Waals surface area contributed by atoms with Crippen LogP contribution in [0.5, 0.6) is 11.5 Å². The summed E-state index contributed by atoms with van der Waals surface area (Å²) in [4.78, 5) is 51.4. The number of hydrogen-bond donors (Lipinski definition) is 1. The Kier molecular flexibility index (Phi) is 6.31. The van der Waals surface area contributed by atoms with Crippen molar-refractivity contribution in [2.24, 2.45) is 0 Å². The normalized spacial score (nSPS) is 20.0. The molecule has 0 unspecified atom stereocenters. The average Bonchev–Trinajstić information content (AvgIpc) is 3.19. The third-order valence-corrected chi connectivity index (χ3v) is 6.11. The maximum absolute atomic E-state index is 13.2. The van der Waals surface area contributed by atoms with Crippen molar-refractivity contribution < 1.29 is 29.0 Å². The van der Waals surface area contributed by atoms with E-state index in [1.807, 2.05) is 30.3 Å². The van der Waals surface area contributed by atoms with E-state index in [2.05, 4.69) is 5.32 Å². The second-order valence-corrected chi connectivity index (χ2v) is 8.31. The van der Waals surface area contributed by atoms with Gasteiger partial charge in [-0.25, -0.2) is 9.69 Å². The molecule has 2 aromatic carbocycles. The molecule has 1 N–H and O–H groups in total. The largest absolute Gasteiger partial charge is 0.549 e. The van der Waals surface area contributed by atoms with Gasteiger partial charge in [0.15, 0.2) is 0 Å². The lowest BCUT2D eigenvalue weighted by Crippen LogP contribution is -2.65. The number of likely N-dealkylation sites (tertiary alicyclic amines) is 1. The molecule has 2 atom stereocenters. The van der Waals surface area contributed by atoms with Crippen LogP contribution in [0.25, 0.3) is 0 Å². The number of nitrogens with zero attached hydrogens (tertiary/aromatic N) is 2. The van der Waals surface area contributed by atoms with E-state index in [4.69, 9.17) is 4.74 Å². The van der Waals surface area contributed by atoms with Crippen LogP contribution in [0, 0.1) is 0 Å². The van der Waals surface area contributed by atoms with Gasteiger partial charge in [0.05, 0.1) is 23.5 Å². The van der Waals surface area contributed by atoms with E-state index in [0.29, 0.717) is 30.2 Å². The highest BCUT2D eigenvalue weighted by atomic mass is 32.2. The minimum atomic E-state index is -1.26. The maximum atomic E-state index is 13.2. The molecule has 10 heteroatoms. The lowest BCUT2D eigenvalue weighted by Gasteiger charge is -2.36. The third kappa shape index (κ3) is 4.54. The van der Waals surface area contributed by atoms with Crippen molar-refractivity contribution in [2.45, 2.75) is 18.5 Å². The van der Waals surface area contributed by atoms with Gasteiger partial charge in [0, 0.05) is 12.3 Å². The fourth-order valence-corrected chi connectivity index (χ4v) is 4.43. The van der Waals surface area contributed by atoms with Crippen LogP contribution in [0.1, 0.15) is 6.42 Å². The van der Waals surface area contributed by atoms with Crippen molar-refractivity contribution in [3.63, 3.8) is 0 Å². The highest BCUT2D eigenvalue weighted by Crippen LogP contribution is 2.30. The zero-order valence-corrected chi connectivity index (χ0v) is 17.7. The molecule has 4 amide bonds. The Morgan fingerprint density at radius 1 is 1.03 bits per heavy atom. The predicted molar refractivity (Wildman–Crippen MR) is 115 cm³/mol. The number of anilines is 1. The number of thioether (sulfide) groups is 1. The van der Waals surface area contributed by atoms with E-state index in [-0.39, 0.29) is 17.4 Å². The molecule has 0 saturated carbocycles. The van der Waals surface area contributed by atoms with Crippen LogP contribution < -0.4 is 20.1 Å². The lowest BCUT2D eigenvalue weighted by atomic mass is 10.0. The van der Waals surface area contributed by atoms with Crippen molar-refractivity contribution in [3.8, 4) is 11.5 Å². The molecule has 0 radical (unpaired) electrons. The van der Waals surface area contributed by atoms with Gasteiger partial charge in [0.2, 0.25) is 5.91 Å². The molecular formula is C22H20N3O6S-. The first kappa shape index (κ1) is 21.7. The molecule has 0 aromatic heterocycles. The second-order valence-electron chi connectivity index (χ2n) is 7.32. The molecule has 2 aliphatic rings. The number of carboxylic acid groups (broad SMARTS) is 1. The topological polar surface area (TPSA) is 119 Å². The van der Waals surface area contributed by atoms with Gasteiger partial charge in [-0.1, -0.05) is 18.2 Å². The Bertz CT molecular complexity index is 1030. The van der Waals surface area contributed by atoms with E-state index in [1.165, 1.54) is 4.90 Å². The van der Waals surface area contributed by atoms with Gasteiger partial charge in [0.25, 0.3) is 5.91 Å². The molecular weight excluding hydrogens is 434 g/mol. The van der Waals surface area contributed by atoms with E-state index in [1.54, 1.807) is 24.3 Å². The number of nitrogens with one attached hydrogen (secondary N) is 1. The Hall–Kier alpha value is -3.53. The molecule has 0 bridgehead atoms. The lowest BCUT2D eigenvalue weighted by molar-refractivity contribution is -0.301. The van der Waals surface area contributed by atoms with E-state index < -0.39 is 30.0 Å². The first-order valence-electron chi connectivity index (χ1n) is 9.98. The highest BCUT2D eigenvalue weighted by molar-refractivity contribution is 8.00. The molecule has 166 valence electrons. The summed E-state index contributed by atoms with van der Waals surface area (Å²) in [5.74, 6) is -1.27. The number of hydrogen-bond acceptors (Lipinski definition) is 7. The van der Waals surface area contributed by atoms with Gasteiger partial charge >= 0.3 is 6.03 Å². The first-order chi connectivity index (χ1) is 15.4. The molecule has 2 aliphatic heterocycles. The number of aliphatic carboxylic acids is 1. The van der Waals surface area contributed by atoms with Gasteiger partial charge in [-0.2, -0.15) is 0 Å². The fourth-order valence-electron chi connectivity index (χ4n) is 3.82. The zero-order valence-electron chi connectivity index (χ0n) is 16.9. The van der Waals surface area contributed by atoms with Gasteiger partial charge in [0.1, 0.15) is 17.5 Å². The monoisotopic (exact) mass is 454 g/mol. The van der Waals surface area contributed by atoms with Crippen LogP contribution in [-0.2, 0) is 14.4 Å². The Morgan fingerprint density at radius 3 is 2.41 bits per heavy atom. The van der Waals surface area contributed by atoms with E-state index >= 15 is 0 Å². The van der Waals surface area contributed by atoms with Gasteiger partial charge < -0.3 is 24.9 Å². The van der Waals surface area contributed by atoms with Gasteiger partial charge in [-0.3, -0.25) is 9.59 Å². The number of imide groups is 1. The number of carbonyl (C=O) groups excluding carboxylic acids is 4. The SMILES string of the molecule is O=C([O-])CSCC(=O)N1CC[C@H]2NC(=O)N(c3ccc(Oc4ccccc4)cc3)C(=O)[C@H]21. The molecule has 2 fully saturated rings. The van der Waals surface area contributed by atoms with E-state index in [0.717, 1.165) is 16.7 Å². The van der Waals surface area contributed by atoms with Crippen molar-refractivity contribution >= 4 is 41.3 Å². The molecule has 0 aliphatic carbocycles. The van der Waals surface area contributed by atoms with Crippen LogP contribution in [-0.4, -0.2) is 58.8 Å². The van der Waals surface area contributed by atoms with Crippen LogP contribution >= 0.6 is 11.8 Å². The standard InChI is InChI=1S/C22H21N3O6S/c26-18(12-32-13-19(27)28)24-11-10-17-20(24)21(29)25(22(30)23-17)14-6-8-16(9-7-14)31-15-4-2-1-3-5-15/h1-9,17,20H,10-13H2,(H,23,30)(H,27,28)/p-1/t17-,20+/m1/s1. The number of ether oxygens (including phenoxy) is 1. The van der Waals surface area contributed by atoms with Crippen molar-refractivity contribution in [1.82, 2.24) is 10.2 Å².